The third-order valence-corrected chi connectivity index (χ3v) is 7.61. The first-order valence-corrected chi connectivity index (χ1v) is 13.2. The average molecular weight is 509 g/mol. The number of anilines is 1. The van der Waals surface area contributed by atoms with Gasteiger partial charge in [0, 0.05) is 66.2 Å². The Kier molecular flexibility index (Phi) is 8.64. The Morgan fingerprint density at radius 2 is 1.81 bits per heavy atom. The lowest BCUT2D eigenvalue weighted by Gasteiger charge is -2.40. The molecule has 0 aliphatic heterocycles. The maximum atomic E-state index is 13.3. The number of imidazole rings is 1. The monoisotopic (exact) mass is 508 g/mol. The van der Waals surface area contributed by atoms with E-state index in [0.29, 0.717) is 35.8 Å². The molecule has 0 radical (unpaired) electrons. The molecule has 1 aromatic carbocycles. The fraction of sp³-hybridized carbons (Fsp3) is 0.464. The van der Waals surface area contributed by atoms with Crippen LogP contribution in [0.25, 0.3) is 0 Å². The Balaban J connectivity index is 1.47. The first-order chi connectivity index (χ1) is 17.4. The van der Waals surface area contributed by atoms with E-state index in [9.17, 15) is 4.79 Å². The van der Waals surface area contributed by atoms with Gasteiger partial charge in [0.1, 0.15) is 5.82 Å². The van der Waals surface area contributed by atoms with Gasteiger partial charge in [-0.15, -0.1) is 0 Å². The molecule has 1 aliphatic rings. The van der Waals surface area contributed by atoms with Crippen molar-refractivity contribution in [1.29, 1.82) is 0 Å². The van der Waals surface area contributed by atoms with Crippen molar-refractivity contribution in [2.45, 2.75) is 64.7 Å². The van der Waals surface area contributed by atoms with Gasteiger partial charge in [-0.05, 0) is 89.0 Å². The summed E-state index contributed by atoms with van der Waals surface area (Å²) >= 11 is 6.55. The highest BCUT2D eigenvalue weighted by Gasteiger charge is 2.28. The summed E-state index contributed by atoms with van der Waals surface area (Å²) in [6.07, 6.45) is 11.9. The molecule has 1 amide bonds. The van der Waals surface area contributed by atoms with Crippen LogP contribution in [0.4, 0.5) is 5.69 Å². The van der Waals surface area contributed by atoms with Crippen molar-refractivity contribution in [2.75, 3.05) is 25.5 Å². The summed E-state index contributed by atoms with van der Waals surface area (Å²) in [4.78, 5) is 26.6. The van der Waals surface area contributed by atoms with Crippen LogP contribution in [0, 0.1) is 6.92 Å². The van der Waals surface area contributed by atoms with E-state index >= 15 is 0 Å². The Labute approximate surface area is 219 Å². The van der Waals surface area contributed by atoms with Crippen molar-refractivity contribution in [3.8, 4) is 0 Å². The normalized spacial score (nSPS) is 17.8. The van der Waals surface area contributed by atoms with Crippen molar-refractivity contribution in [1.82, 2.24) is 24.8 Å². The molecule has 0 bridgehead atoms. The molecular formula is C28H37ClN6O. The van der Waals surface area contributed by atoms with E-state index in [-0.39, 0.29) is 5.91 Å². The van der Waals surface area contributed by atoms with Gasteiger partial charge in [-0.25, -0.2) is 4.98 Å². The average Bonchev–Trinajstić information content (AvgIpc) is 3.32. The minimum atomic E-state index is -0.137. The van der Waals surface area contributed by atoms with E-state index in [0.717, 1.165) is 42.0 Å². The lowest BCUT2D eigenvalue weighted by molar-refractivity contribution is 0.0949. The molecule has 0 unspecified atom stereocenters. The van der Waals surface area contributed by atoms with Crippen LogP contribution in [0.2, 0.25) is 5.02 Å². The number of amides is 1. The summed E-state index contributed by atoms with van der Waals surface area (Å²) in [6.45, 7) is 6.10. The second kappa shape index (κ2) is 11.9. The molecule has 1 N–H and O–H groups in total. The SMILES string of the molecule is CCN(c1cc(Cl)cc(C(=O)NCc2nccn2Cc2ccncc2)c1C)C1CCC(N(C)C)CC1. The number of carbonyl (C=O) groups excluding carboxylic acids is 1. The second-order valence-corrected chi connectivity index (χ2v) is 10.3. The summed E-state index contributed by atoms with van der Waals surface area (Å²) in [5.41, 5.74) is 3.77. The number of nitrogens with zero attached hydrogens (tertiary/aromatic N) is 5. The standard InChI is InChI=1S/C28H37ClN6O/c1-5-35(24-8-6-23(7-9-24)33(3)4)26-17-22(29)16-25(20(26)2)28(36)32-18-27-31-14-15-34(27)19-21-10-12-30-13-11-21/h10-17,23-24H,5-9,18-19H2,1-4H3,(H,32,36). The molecule has 8 heteroatoms. The molecular weight excluding hydrogens is 472 g/mol. The first-order valence-electron chi connectivity index (χ1n) is 12.8. The zero-order chi connectivity index (χ0) is 25.7. The molecule has 192 valence electrons. The van der Waals surface area contributed by atoms with Crippen molar-refractivity contribution in [3.05, 3.63) is 76.6 Å². The van der Waals surface area contributed by atoms with Gasteiger partial charge in [-0.3, -0.25) is 9.78 Å². The van der Waals surface area contributed by atoms with Gasteiger partial charge >= 0.3 is 0 Å². The summed E-state index contributed by atoms with van der Waals surface area (Å²) in [5, 5.41) is 3.64. The minimum absolute atomic E-state index is 0.137. The molecule has 0 saturated heterocycles. The maximum Gasteiger partial charge on any atom is 0.252 e. The molecule has 0 spiro atoms. The first kappa shape index (κ1) is 26.2. The summed E-state index contributed by atoms with van der Waals surface area (Å²) < 4.78 is 2.04. The van der Waals surface area contributed by atoms with E-state index in [1.807, 2.05) is 35.9 Å². The largest absolute Gasteiger partial charge is 0.369 e. The van der Waals surface area contributed by atoms with E-state index in [1.54, 1.807) is 24.7 Å². The number of halogens is 1. The van der Waals surface area contributed by atoms with Gasteiger partial charge < -0.3 is 19.7 Å². The van der Waals surface area contributed by atoms with Gasteiger partial charge in [-0.1, -0.05) is 11.6 Å². The summed E-state index contributed by atoms with van der Waals surface area (Å²) in [6, 6.07) is 8.84. The van der Waals surface area contributed by atoms with Crippen LogP contribution in [0.1, 0.15) is 59.9 Å². The number of carbonyl (C=O) groups is 1. The molecule has 1 aliphatic carbocycles. The predicted octanol–water partition coefficient (Wildman–Crippen LogP) is 4.92. The van der Waals surface area contributed by atoms with E-state index in [1.165, 1.54) is 12.8 Å². The van der Waals surface area contributed by atoms with Crippen LogP contribution in [0.15, 0.2) is 49.1 Å². The van der Waals surface area contributed by atoms with Crippen molar-refractivity contribution < 1.29 is 4.79 Å². The minimum Gasteiger partial charge on any atom is -0.369 e. The molecule has 1 fully saturated rings. The highest BCUT2D eigenvalue weighted by Crippen LogP contribution is 2.34. The lowest BCUT2D eigenvalue weighted by atomic mass is 9.89. The van der Waals surface area contributed by atoms with Crippen molar-refractivity contribution in [2.24, 2.45) is 0 Å². The predicted molar refractivity (Wildman–Crippen MR) is 146 cm³/mol. The van der Waals surface area contributed by atoms with Crippen LogP contribution in [-0.2, 0) is 13.1 Å². The van der Waals surface area contributed by atoms with E-state index < -0.39 is 0 Å². The number of rotatable bonds is 9. The third-order valence-electron chi connectivity index (χ3n) is 7.39. The molecule has 0 atom stereocenters. The molecule has 3 aromatic rings. The van der Waals surface area contributed by atoms with Crippen molar-refractivity contribution in [3.63, 3.8) is 0 Å². The highest BCUT2D eigenvalue weighted by molar-refractivity contribution is 6.31. The maximum absolute atomic E-state index is 13.3. The molecule has 2 aromatic heterocycles. The van der Waals surface area contributed by atoms with Crippen molar-refractivity contribution >= 4 is 23.2 Å². The smallest absolute Gasteiger partial charge is 0.252 e. The van der Waals surface area contributed by atoms with Gasteiger partial charge in [0.25, 0.3) is 5.91 Å². The number of nitrogens with one attached hydrogen (secondary N) is 1. The second-order valence-electron chi connectivity index (χ2n) is 9.82. The zero-order valence-electron chi connectivity index (χ0n) is 21.7. The van der Waals surface area contributed by atoms with Crippen LogP contribution in [0.3, 0.4) is 0 Å². The number of benzene rings is 1. The molecule has 2 heterocycles. The Hall–Kier alpha value is -2.90. The molecule has 4 rings (SSSR count). The van der Waals surface area contributed by atoms with Crippen LogP contribution < -0.4 is 10.2 Å². The fourth-order valence-corrected chi connectivity index (χ4v) is 5.51. The van der Waals surface area contributed by atoms with E-state index in [2.05, 4.69) is 46.1 Å². The Morgan fingerprint density at radius 3 is 2.47 bits per heavy atom. The summed E-state index contributed by atoms with van der Waals surface area (Å²) in [7, 11) is 4.33. The number of hydrogen-bond donors (Lipinski definition) is 1. The quantitative estimate of drug-likeness (QED) is 0.444. The number of pyridine rings is 1. The lowest BCUT2D eigenvalue weighted by Crippen LogP contribution is -2.42. The molecule has 36 heavy (non-hydrogen) atoms. The van der Waals surface area contributed by atoms with Gasteiger partial charge in [0.05, 0.1) is 6.54 Å². The van der Waals surface area contributed by atoms with Gasteiger partial charge in [0.2, 0.25) is 0 Å². The number of aromatic nitrogens is 3. The zero-order valence-corrected chi connectivity index (χ0v) is 22.5. The highest BCUT2D eigenvalue weighted by atomic mass is 35.5. The topological polar surface area (TPSA) is 66.3 Å². The Morgan fingerprint density at radius 1 is 1.11 bits per heavy atom. The third kappa shape index (κ3) is 6.08. The molecule has 7 nitrogen and oxygen atoms in total. The fourth-order valence-electron chi connectivity index (χ4n) is 5.30. The number of hydrogen-bond acceptors (Lipinski definition) is 5. The summed E-state index contributed by atoms with van der Waals surface area (Å²) in [5.74, 6) is 0.662. The van der Waals surface area contributed by atoms with E-state index in [4.69, 9.17) is 11.6 Å². The van der Waals surface area contributed by atoms with Gasteiger partial charge in [-0.2, -0.15) is 0 Å². The van der Waals surface area contributed by atoms with Crippen LogP contribution in [0.5, 0.6) is 0 Å². The van der Waals surface area contributed by atoms with Crippen LogP contribution in [-0.4, -0.2) is 58.1 Å². The van der Waals surface area contributed by atoms with Gasteiger partial charge in [0.15, 0.2) is 0 Å². The Bertz CT molecular complexity index is 1150. The molecule has 1 saturated carbocycles. The van der Waals surface area contributed by atoms with Crippen LogP contribution >= 0.6 is 11.6 Å².